The van der Waals surface area contributed by atoms with Crippen LogP contribution in [0.3, 0.4) is 0 Å². The number of hydrogen-bond acceptors (Lipinski definition) is 2. The van der Waals surface area contributed by atoms with Crippen LogP contribution < -0.4 is 4.74 Å². The Labute approximate surface area is 155 Å². The predicted octanol–water partition coefficient (Wildman–Crippen LogP) is 5.91. The highest BCUT2D eigenvalue weighted by Gasteiger charge is 2.41. The number of benzene rings is 3. The van der Waals surface area contributed by atoms with Gasteiger partial charge in [0.05, 0.1) is 0 Å². The van der Waals surface area contributed by atoms with Crippen LogP contribution in [0.15, 0.2) is 54.6 Å². The van der Waals surface area contributed by atoms with E-state index < -0.39 is 46.3 Å². The molecule has 0 aliphatic heterocycles. The Morgan fingerprint density at radius 2 is 1.29 bits per heavy atom. The van der Waals surface area contributed by atoms with E-state index in [0.717, 1.165) is 0 Å². The largest absolute Gasteiger partial charge is 0.432 e. The summed E-state index contributed by atoms with van der Waals surface area (Å²) < 4.78 is 88.5. The predicted molar refractivity (Wildman–Crippen MR) is 87.4 cm³/mol. The summed E-state index contributed by atoms with van der Waals surface area (Å²) in [6.07, 6.45) is -4.57. The second kappa shape index (κ2) is 7.27. The summed E-state index contributed by atoms with van der Waals surface area (Å²) in [4.78, 5) is 0. The summed E-state index contributed by atoms with van der Waals surface area (Å²) in [7, 11) is 0. The molecule has 3 aromatic rings. The van der Waals surface area contributed by atoms with Crippen LogP contribution >= 0.6 is 0 Å². The van der Waals surface area contributed by atoms with E-state index in [0.29, 0.717) is 29.8 Å². The molecular formula is C20H9F6NO. The van der Waals surface area contributed by atoms with Crippen LogP contribution in [0.5, 0.6) is 5.75 Å². The van der Waals surface area contributed by atoms with Crippen LogP contribution in [0.2, 0.25) is 0 Å². The summed E-state index contributed by atoms with van der Waals surface area (Å²) in [5, 5.41) is 8.58. The summed E-state index contributed by atoms with van der Waals surface area (Å²) in [5.41, 5.74) is -2.30. The van der Waals surface area contributed by atoms with E-state index in [4.69, 9.17) is 5.26 Å². The molecule has 0 saturated heterocycles. The van der Waals surface area contributed by atoms with Gasteiger partial charge in [0.2, 0.25) is 0 Å². The molecule has 0 aliphatic carbocycles. The molecule has 0 aromatic heterocycles. The van der Waals surface area contributed by atoms with Crippen LogP contribution in [-0.4, -0.2) is 0 Å². The van der Waals surface area contributed by atoms with Crippen LogP contribution in [0.25, 0.3) is 11.1 Å². The first-order valence-electron chi connectivity index (χ1n) is 7.74. The number of nitriles is 1. The lowest BCUT2D eigenvalue weighted by molar-refractivity contribution is -0.189. The first kappa shape index (κ1) is 19.3. The van der Waals surface area contributed by atoms with Gasteiger partial charge in [0.15, 0.2) is 0 Å². The molecule has 0 amide bonds. The fourth-order valence-electron chi connectivity index (χ4n) is 2.56. The molecule has 28 heavy (non-hydrogen) atoms. The molecule has 0 atom stereocenters. The molecule has 0 saturated carbocycles. The smallest absolute Gasteiger partial charge is 0.429 e. The molecule has 2 nitrogen and oxygen atoms in total. The topological polar surface area (TPSA) is 33.0 Å². The molecule has 0 bridgehead atoms. The van der Waals surface area contributed by atoms with E-state index in [1.165, 1.54) is 18.2 Å². The van der Waals surface area contributed by atoms with Gasteiger partial charge in [-0.1, -0.05) is 30.3 Å². The van der Waals surface area contributed by atoms with E-state index in [2.05, 4.69) is 4.74 Å². The molecule has 3 aromatic carbocycles. The molecule has 0 fully saturated rings. The van der Waals surface area contributed by atoms with Gasteiger partial charge in [-0.25, -0.2) is 17.6 Å². The van der Waals surface area contributed by atoms with Gasteiger partial charge in [0.25, 0.3) is 0 Å². The average molecular weight is 393 g/mol. The van der Waals surface area contributed by atoms with Crippen molar-refractivity contribution in [1.29, 1.82) is 5.26 Å². The van der Waals surface area contributed by atoms with E-state index in [-0.39, 0.29) is 5.56 Å². The van der Waals surface area contributed by atoms with Crippen molar-refractivity contribution in [2.45, 2.75) is 6.11 Å². The van der Waals surface area contributed by atoms with Crippen LogP contribution in [0.1, 0.15) is 11.1 Å². The number of nitrogens with zero attached hydrogens (tertiary/aromatic N) is 1. The van der Waals surface area contributed by atoms with Gasteiger partial charge in [-0.15, -0.1) is 0 Å². The Morgan fingerprint density at radius 3 is 1.79 bits per heavy atom. The maximum atomic E-state index is 14.3. The summed E-state index contributed by atoms with van der Waals surface area (Å²) >= 11 is 0. The molecule has 8 heteroatoms. The maximum Gasteiger partial charge on any atom is 0.432 e. The number of hydrogen-bond donors (Lipinski definition) is 0. The lowest BCUT2D eigenvalue weighted by Crippen LogP contribution is -2.25. The second-order valence-corrected chi connectivity index (χ2v) is 5.67. The average Bonchev–Trinajstić information content (AvgIpc) is 2.61. The van der Waals surface area contributed by atoms with E-state index in [1.54, 1.807) is 18.2 Å². The van der Waals surface area contributed by atoms with Gasteiger partial charge in [-0.05, 0) is 23.3 Å². The van der Waals surface area contributed by atoms with Crippen molar-refractivity contribution in [3.05, 3.63) is 89.0 Å². The Bertz CT molecular complexity index is 1030. The maximum absolute atomic E-state index is 14.3. The van der Waals surface area contributed by atoms with Crippen LogP contribution in [-0.2, 0) is 6.11 Å². The molecule has 0 heterocycles. The number of rotatable bonds is 4. The van der Waals surface area contributed by atoms with Crippen molar-refractivity contribution in [1.82, 2.24) is 0 Å². The number of alkyl halides is 2. The van der Waals surface area contributed by atoms with Crippen molar-refractivity contribution in [2.24, 2.45) is 0 Å². The molecule has 0 radical (unpaired) electrons. The van der Waals surface area contributed by atoms with Gasteiger partial charge in [0.1, 0.15) is 46.2 Å². The highest BCUT2D eigenvalue weighted by Crippen LogP contribution is 2.37. The van der Waals surface area contributed by atoms with Gasteiger partial charge < -0.3 is 4.74 Å². The fraction of sp³-hybridized carbons (Fsp3) is 0.0500. The van der Waals surface area contributed by atoms with Crippen molar-refractivity contribution >= 4 is 0 Å². The molecular weight excluding hydrogens is 384 g/mol. The summed E-state index contributed by atoms with van der Waals surface area (Å²) in [6, 6.07) is 11.2. The van der Waals surface area contributed by atoms with Crippen molar-refractivity contribution in [3.63, 3.8) is 0 Å². The first-order chi connectivity index (χ1) is 13.2. The van der Waals surface area contributed by atoms with Crippen molar-refractivity contribution in [3.8, 4) is 22.9 Å². The molecule has 0 unspecified atom stereocenters. The Balaban J connectivity index is 1.99. The molecule has 3 rings (SSSR count). The number of ether oxygens (including phenoxy) is 1. The minimum atomic E-state index is -4.57. The zero-order valence-electron chi connectivity index (χ0n) is 13.8. The Hall–Kier alpha value is -3.47. The zero-order chi connectivity index (χ0) is 20.5. The van der Waals surface area contributed by atoms with E-state index in [9.17, 15) is 26.3 Å². The molecule has 0 spiro atoms. The third-order valence-electron chi connectivity index (χ3n) is 3.81. The molecule has 0 aliphatic rings. The minimum Gasteiger partial charge on any atom is -0.429 e. The third-order valence-corrected chi connectivity index (χ3v) is 3.81. The highest BCUT2D eigenvalue weighted by atomic mass is 19.3. The monoisotopic (exact) mass is 393 g/mol. The van der Waals surface area contributed by atoms with Gasteiger partial charge >= 0.3 is 6.11 Å². The highest BCUT2D eigenvalue weighted by molar-refractivity contribution is 5.64. The normalized spacial score (nSPS) is 11.2. The van der Waals surface area contributed by atoms with E-state index >= 15 is 0 Å². The minimum absolute atomic E-state index is 0.0191. The van der Waals surface area contributed by atoms with Gasteiger partial charge in [0, 0.05) is 12.1 Å². The molecule has 0 N–H and O–H groups in total. The Kier molecular flexibility index (Phi) is 5.01. The standard InChI is InChI=1S/C20H9F6NO/c21-15-8-13(9-16(22)14(15)10-27)28-20(25,26)19-17(23)6-12(7-18(19)24)11-4-2-1-3-5-11/h1-9H. The van der Waals surface area contributed by atoms with E-state index in [1.807, 2.05) is 0 Å². The van der Waals surface area contributed by atoms with Gasteiger partial charge in [-0.2, -0.15) is 14.0 Å². The van der Waals surface area contributed by atoms with Crippen molar-refractivity contribution < 1.29 is 31.1 Å². The van der Waals surface area contributed by atoms with Crippen LogP contribution in [0, 0.1) is 34.6 Å². The molecule has 142 valence electrons. The van der Waals surface area contributed by atoms with Gasteiger partial charge in [-0.3, -0.25) is 0 Å². The first-order valence-corrected chi connectivity index (χ1v) is 7.74. The Morgan fingerprint density at radius 1 is 0.750 bits per heavy atom. The number of halogens is 6. The zero-order valence-corrected chi connectivity index (χ0v) is 13.8. The lowest BCUT2D eigenvalue weighted by atomic mass is 10.0. The summed E-state index contributed by atoms with van der Waals surface area (Å²) in [6.45, 7) is 0. The fourth-order valence-corrected chi connectivity index (χ4v) is 2.56. The third kappa shape index (κ3) is 3.64. The second-order valence-electron chi connectivity index (χ2n) is 5.67. The quantitative estimate of drug-likeness (QED) is 0.517. The van der Waals surface area contributed by atoms with Crippen molar-refractivity contribution in [2.75, 3.05) is 0 Å². The SMILES string of the molecule is N#Cc1c(F)cc(OC(F)(F)c2c(F)cc(-c3ccccc3)cc2F)cc1F. The lowest BCUT2D eigenvalue weighted by Gasteiger charge is -2.20. The van der Waals surface area contributed by atoms with Crippen LogP contribution in [0.4, 0.5) is 26.3 Å². The summed E-state index contributed by atoms with van der Waals surface area (Å²) in [5.74, 6) is -7.14.